The molecule has 1 aromatic rings. The van der Waals surface area contributed by atoms with Crippen molar-refractivity contribution in [1.82, 2.24) is 0 Å². The van der Waals surface area contributed by atoms with Crippen molar-refractivity contribution in [2.45, 2.75) is 19.3 Å². The Morgan fingerprint density at radius 2 is 1.95 bits per heavy atom. The maximum Gasteiger partial charge on any atom is 0.228 e. The van der Waals surface area contributed by atoms with E-state index < -0.39 is 0 Å². The Morgan fingerprint density at radius 1 is 1.26 bits per heavy atom. The highest BCUT2D eigenvalue weighted by Crippen LogP contribution is 2.69. The summed E-state index contributed by atoms with van der Waals surface area (Å²) in [5.41, 5.74) is 0.787. The maximum absolute atomic E-state index is 12.4. The Kier molecular flexibility index (Phi) is 2.72. The molecule has 2 bridgehead atoms. The minimum absolute atomic E-state index is 0.189. The molecule has 1 amide bonds. The van der Waals surface area contributed by atoms with Crippen LogP contribution in [0.25, 0.3) is 0 Å². The van der Waals surface area contributed by atoms with Crippen LogP contribution in [0.3, 0.4) is 0 Å². The van der Waals surface area contributed by atoms with Gasteiger partial charge < -0.3 is 5.32 Å². The lowest BCUT2D eigenvalue weighted by Gasteiger charge is -2.11. The second-order valence-corrected chi connectivity index (χ2v) is 7.42. The van der Waals surface area contributed by atoms with Crippen molar-refractivity contribution < 1.29 is 4.79 Å². The first-order valence-corrected chi connectivity index (χ1v) is 8.08. The number of rotatable bonds is 2. The van der Waals surface area contributed by atoms with E-state index in [-0.39, 0.29) is 11.8 Å². The number of carbonyl (C=O) groups excluding carboxylic acids is 1. The van der Waals surface area contributed by atoms with Gasteiger partial charge >= 0.3 is 0 Å². The molecule has 0 heterocycles. The standard InChI is InChI=1S/C15H15BrClNO/c16-10-4-3-9(17)6-11(10)18-15(19)14-12-7-1-2-8(5-7)13(12)14/h3-4,6-8,12-14H,1-2,5H2,(H,18,19). The monoisotopic (exact) mass is 339 g/mol. The van der Waals surface area contributed by atoms with E-state index in [0.717, 1.165) is 22.0 Å². The fourth-order valence-corrected chi connectivity index (χ4v) is 5.00. The van der Waals surface area contributed by atoms with E-state index in [4.69, 9.17) is 11.6 Å². The highest BCUT2D eigenvalue weighted by Gasteiger charge is 2.67. The largest absolute Gasteiger partial charge is 0.325 e. The van der Waals surface area contributed by atoms with E-state index in [2.05, 4.69) is 21.2 Å². The van der Waals surface area contributed by atoms with Gasteiger partial charge in [-0.2, -0.15) is 0 Å². The van der Waals surface area contributed by atoms with Crippen LogP contribution < -0.4 is 5.32 Å². The van der Waals surface area contributed by atoms with Crippen LogP contribution in [0.1, 0.15) is 19.3 Å². The molecule has 2 nitrogen and oxygen atoms in total. The number of fused-ring (bicyclic) bond motifs is 5. The minimum atomic E-state index is 0.189. The summed E-state index contributed by atoms with van der Waals surface area (Å²) in [6.45, 7) is 0. The van der Waals surface area contributed by atoms with Crippen molar-refractivity contribution in [3.05, 3.63) is 27.7 Å². The number of anilines is 1. The van der Waals surface area contributed by atoms with Crippen molar-refractivity contribution >= 4 is 39.1 Å². The number of nitrogens with one attached hydrogen (secondary N) is 1. The summed E-state index contributed by atoms with van der Waals surface area (Å²) in [4.78, 5) is 12.4. The van der Waals surface area contributed by atoms with Crippen LogP contribution in [0.15, 0.2) is 22.7 Å². The molecule has 1 N–H and O–H groups in total. The van der Waals surface area contributed by atoms with Gasteiger partial charge in [0.15, 0.2) is 0 Å². The molecule has 4 heteroatoms. The van der Waals surface area contributed by atoms with E-state index in [0.29, 0.717) is 16.9 Å². The zero-order chi connectivity index (χ0) is 13.1. The summed E-state index contributed by atoms with van der Waals surface area (Å²) in [5, 5.41) is 3.69. The van der Waals surface area contributed by atoms with Crippen LogP contribution in [0.4, 0.5) is 5.69 Å². The van der Waals surface area contributed by atoms with Gasteiger partial charge in [-0.05, 0) is 77.1 Å². The molecule has 4 atom stereocenters. The maximum atomic E-state index is 12.4. The molecule has 4 rings (SSSR count). The summed E-state index contributed by atoms with van der Waals surface area (Å²) in [5.74, 6) is 3.46. The average Bonchev–Trinajstić information content (AvgIpc) is 2.83. The van der Waals surface area contributed by atoms with E-state index in [1.54, 1.807) is 6.07 Å². The first-order valence-electron chi connectivity index (χ1n) is 6.91. The molecule has 0 aliphatic heterocycles. The quantitative estimate of drug-likeness (QED) is 0.853. The van der Waals surface area contributed by atoms with Crippen LogP contribution in [0.5, 0.6) is 0 Å². The molecule has 3 fully saturated rings. The van der Waals surface area contributed by atoms with Crippen molar-refractivity contribution in [3.63, 3.8) is 0 Å². The van der Waals surface area contributed by atoms with Crippen molar-refractivity contribution in [3.8, 4) is 0 Å². The lowest BCUT2D eigenvalue weighted by Crippen LogP contribution is -2.18. The molecule has 3 aliphatic carbocycles. The topological polar surface area (TPSA) is 29.1 Å². The predicted molar refractivity (Wildman–Crippen MR) is 79.1 cm³/mol. The van der Waals surface area contributed by atoms with Gasteiger partial charge in [0, 0.05) is 15.4 Å². The molecule has 0 spiro atoms. The number of hydrogen-bond donors (Lipinski definition) is 1. The van der Waals surface area contributed by atoms with Crippen molar-refractivity contribution in [1.29, 1.82) is 0 Å². The first-order chi connectivity index (χ1) is 9.15. The Balaban J connectivity index is 1.50. The first kappa shape index (κ1) is 12.2. The third kappa shape index (κ3) is 1.85. The SMILES string of the molecule is O=C(Nc1cc(Cl)ccc1Br)C1C2C3CCC(C3)C12. The summed E-state index contributed by atoms with van der Waals surface area (Å²) in [6, 6.07) is 5.49. The molecule has 3 saturated carbocycles. The molecule has 0 radical (unpaired) electrons. The van der Waals surface area contributed by atoms with Crippen LogP contribution in [-0.2, 0) is 4.79 Å². The Labute approximate surface area is 126 Å². The predicted octanol–water partition coefficient (Wildman–Crippen LogP) is 4.33. The molecular formula is C15H15BrClNO. The fraction of sp³-hybridized carbons (Fsp3) is 0.533. The molecule has 19 heavy (non-hydrogen) atoms. The summed E-state index contributed by atoms with van der Waals surface area (Å²) < 4.78 is 0.888. The van der Waals surface area contributed by atoms with E-state index in [1.165, 1.54) is 19.3 Å². The Bertz CT molecular complexity index is 545. The number of amides is 1. The average molecular weight is 341 g/mol. The second-order valence-electron chi connectivity index (χ2n) is 6.13. The Morgan fingerprint density at radius 3 is 2.63 bits per heavy atom. The summed E-state index contributed by atoms with van der Waals surface area (Å²) in [7, 11) is 0. The van der Waals surface area contributed by atoms with E-state index in [1.807, 2.05) is 12.1 Å². The zero-order valence-electron chi connectivity index (χ0n) is 10.4. The van der Waals surface area contributed by atoms with Gasteiger partial charge in [-0.25, -0.2) is 0 Å². The molecule has 1 aromatic carbocycles. The molecular weight excluding hydrogens is 326 g/mol. The van der Waals surface area contributed by atoms with Crippen molar-refractivity contribution in [2.24, 2.45) is 29.6 Å². The van der Waals surface area contributed by atoms with E-state index >= 15 is 0 Å². The zero-order valence-corrected chi connectivity index (χ0v) is 12.7. The molecule has 4 unspecified atom stereocenters. The smallest absolute Gasteiger partial charge is 0.228 e. The molecule has 0 saturated heterocycles. The number of benzene rings is 1. The van der Waals surface area contributed by atoms with Gasteiger partial charge in [0.25, 0.3) is 0 Å². The third-order valence-corrected chi connectivity index (χ3v) is 6.15. The molecule has 100 valence electrons. The van der Waals surface area contributed by atoms with Gasteiger partial charge in [-0.15, -0.1) is 0 Å². The minimum Gasteiger partial charge on any atom is -0.325 e. The summed E-state index contributed by atoms with van der Waals surface area (Å²) >= 11 is 9.43. The number of hydrogen-bond acceptors (Lipinski definition) is 1. The van der Waals surface area contributed by atoms with Crippen LogP contribution >= 0.6 is 27.5 Å². The van der Waals surface area contributed by atoms with Crippen LogP contribution in [0, 0.1) is 29.6 Å². The van der Waals surface area contributed by atoms with Crippen LogP contribution in [0.2, 0.25) is 5.02 Å². The molecule has 3 aliphatic rings. The van der Waals surface area contributed by atoms with Crippen molar-refractivity contribution in [2.75, 3.05) is 5.32 Å². The normalized spacial score (nSPS) is 38.1. The highest BCUT2D eigenvalue weighted by atomic mass is 79.9. The number of halogens is 2. The van der Waals surface area contributed by atoms with Gasteiger partial charge in [-0.1, -0.05) is 11.6 Å². The van der Waals surface area contributed by atoms with Gasteiger partial charge in [0.1, 0.15) is 0 Å². The lowest BCUT2D eigenvalue weighted by molar-refractivity contribution is -0.118. The number of carbonyl (C=O) groups is 1. The van der Waals surface area contributed by atoms with Gasteiger partial charge in [0.2, 0.25) is 5.91 Å². The van der Waals surface area contributed by atoms with Gasteiger partial charge in [-0.3, -0.25) is 4.79 Å². The van der Waals surface area contributed by atoms with E-state index in [9.17, 15) is 4.79 Å². The lowest BCUT2D eigenvalue weighted by atomic mass is 10.0. The third-order valence-electron chi connectivity index (χ3n) is 5.22. The molecule has 0 aromatic heterocycles. The van der Waals surface area contributed by atoms with Crippen LogP contribution in [-0.4, -0.2) is 5.91 Å². The van der Waals surface area contributed by atoms with Gasteiger partial charge in [0.05, 0.1) is 5.69 Å². The summed E-state index contributed by atoms with van der Waals surface area (Å²) in [6.07, 6.45) is 4.06. The second kappa shape index (κ2) is 4.23. The fourth-order valence-electron chi connectivity index (χ4n) is 4.48. The Hall–Kier alpha value is -0.540. The highest BCUT2D eigenvalue weighted by molar-refractivity contribution is 9.10.